The Labute approximate surface area is 512 Å². The van der Waals surface area contributed by atoms with Gasteiger partial charge in [0.25, 0.3) is 0 Å². The summed E-state index contributed by atoms with van der Waals surface area (Å²) in [5.74, 6) is -9.35. The van der Waals surface area contributed by atoms with Crippen LogP contribution in [0.2, 0.25) is 0 Å². The van der Waals surface area contributed by atoms with Crippen molar-refractivity contribution in [2.75, 3.05) is 19.6 Å². The first kappa shape index (κ1) is 77.2. The third-order valence-electron chi connectivity index (χ3n) is 13.8. The van der Waals surface area contributed by atoms with Gasteiger partial charge in [0, 0.05) is 19.5 Å². The van der Waals surface area contributed by atoms with Crippen molar-refractivity contribution in [3.8, 4) is 5.75 Å². The summed E-state index contributed by atoms with van der Waals surface area (Å²) in [7, 11) is 0. The van der Waals surface area contributed by atoms with Gasteiger partial charge in [-0.1, -0.05) is 102 Å². The minimum Gasteiger partial charge on any atom is -0.508 e. The van der Waals surface area contributed by atoms with E-state index in [2.05, 4.69) is 57.8 Å². The van der Waals surface area contributed by atoms with Gasteiger partial charge in [0.15, 0.2) is 11.9 Å². The van der Waals surface area contributed by atoms with Crippen molar-refractivity contribution in [2.24, 2.45) is 74.2 Å². The second kappa shape index (κ2) is 39.8. The molecule has 0 saturated carbocycles. The van der Waals surface area contributed by atoms with Crippen molar-refractivity contribution >= 4 is 71.1 Å². The highest BCUT2D eigenvalue weighted by Crippen LogP contribution is 2.17. The average molecular weight is 1230 g/mol. The number of aliphatic imine (C=N–C) groups is 2. The Kier molecular flexibility index (Phi) is 35.4. The molecule has 0 saturated heterocycles. The molecular formula is C59H104N16O12. The van der Waals surface area contributed by atoms with Gasteiger partial charge in [0.05, 0.1) is 12.6 Å². The van der Waals surface area contributed by atoms with Gasteiger partial charge in [0.2, 0.25) is 53.2 Å². The second-order valence-corrected chi connectivity index (χ2v) is 24.4. The molecule has 10 atom stereocenters. The Morgan fingerprint density at radius 1 is 0.460 bits per heavy atom. The second-order valence-electron chi connectivity index (χ2n) is 24.4. The van der Waals surface area contributed by atoms with Gasteiger partial charge in [-0.25, -0.2) is 4.79 Å². The molecule has 9 amide bonds. The molecule has 87 heavy (non-hydrogen) atoms. The number of amides is 9. The summed E-state index contributed by atoms with van der Waals surface area (Å²) in [6, 6.07) is -5.08. The number of carbonyl (C=O) groups excluding carboxylic acids is 9. The lowest BCUT2D eigenvalue weighted by atomic mass is 9.96. The van der Waals surface area contributed by atoms with Crippen LogP contribution in [0.1, 0.15) is 153 Å². The van der Waals surface area contributed by atoms with E-state index in [4.69, 9.17) is 28.7 Å². The number of hydrogen-bond acceptors (Lipinski definition) is 14. The summed E-state index contributed by atoms with van der Waals surface area (Å²) < 4.78 is 0. The standard InChI is InChI=1S/C59H104N16O12/c1-13-36(12)48(75-49(78)39(60)16-14-22-65-58(61)62)56(85)74-45(28-35(10)11)55(84)72-42(25-32(4)5)52(81)69-40(17-15-23-66-59(63)64)51(80)71-43(26-33(6)7)54(83)73-44(27-34(8)9)53(82)70-41(24-31(2)3)50(79)67-30-47(77)68-46(57(86)87)29-37-18-20-38(76)21-19-37/h18-21,31-36,39-46,48,76H,13-17,22-30,60H2,1-12H3,(H,67,79)(H,68,77)(H,69,81)(H,70,82)(H,71,80)(H,72,84)(H,73,83)(H,74,85)(H,75,78)(H,86,87)(H4,61,62,65)(H4,63,64,66)/t36-,39-,40-,41-,42-,43-,44-,45-,46-,48-/m0/s1. The third-order valence-corrected chi connectivity index (χ3v) is 13.8. The fourth-order valence-electron chi connectivity index (χ4n) is 9.13. The summed E-state index contributed by atoms with van der Waals surface area (Å²) in [6.45, 7) is 21.6. The minimum absolute atomic E-state index is 0.0209. The maximum atomic E-state index is 14.5. The summed E-state index contributed by atoms with van der Waals surface area (Å²) in [5, 5.41) is 43.6. The highest BCUT2D eigenvalue weighted by molar-refractivity contribution is 5.98. The number of guanidine groups is 2. The van der Waals surface area contributed by atoms with Crippen molar-refractivity contribution in [3.05, 3.63) is 29.8 Å². The lowest BCUT2D eigenvalue weighted by Gasteiger charge is -2.30. The van der Waals surface area contributed by atoms with Crippen molar-refractivity contribution in [1.82, 2.24) is 47.9 Å². The molecule has 1 aromatic rings. The van der Waals surface area contributed by atoms with Crippen LogP contribution in [0.25, 0.3) is 0 Å². The van der Waals surface area contributed by atoms with E-state index in [-0.39, 0.29) is 124 Å². The molecule has 0 spiro atoms. The number of aliphatic carboxylic acids is 1. The van der Waals surface area contributed by atoms with Crippen LogP contribution in [0.3, 0.4) is 0 Å². The van der Waals surface area contributed by atoms with E-state index in [1.807, 2.05) is 76.2 Å². The Morgan fingerprint density at radius 2 is 0.816 bits per heavy atom. The first-order valence-corrected chi connectivity index (χ1v) is 30.2. The van der Waals surface area contributed by atoms with Crippen LogP contribution in [-0.4, -0.2) is 155 Å². The SMILES string of the molecule is CC[C@H](C)[C@H](NC(=O)[C@@H](N)CCCN=C(N)N)C(=O)N[C@@H](CC(C)C)C(=O)N[C@@H](CC(C)C)C(=O)N[C@@H](CCCN=C(N)N)C(=O)N[C@@H](CC(C)C)C(=O)N[C@@H](CC(C)C)C(=O)N[C@@H](CC(C)C)C(=O)NCC(=O)N[C@@H](Cc1ccc(O)cc1)C(=O)O. The Hall–Kier alpha value is -7.78. The number of carboxylic acids is 1. The predicted molar refractivity (Wildman–Crippen MR) is 332 cm³/mol. The number of phenolic OH excluding ortho intramolecular Hbond substituents is 1. The van der Waals surface area contributed by atoms with Gasteiger partial charge in [0.1, 0.15) is 54.1 Å². The Balaban J connectivity index is 3.49. The van der Waals surface area contributed by atoms with Crippen molar-refractivity contribution < 1.29 is 58.2 Å². The van der Waals surface area contributed by atoms with Crippen LogP contribution < -0.4 is 76.5 Å². The van der Waals surface area contributed by atoms with Crippen LogP contribution in [0, 0.1) is 35.5 Å². The number of nitrogens with one attached hydrogen (secondary N) is 9. The van der Waals surface area contributed by atoms with Gasteiger partial charge in [-0.15, -0.1) is 0 Å². The molecule has 0 aliphatic carbocycles. The topological polar surface area (TPSA) is 474 Å². The molecule has 0 unspecified atom stereocenters. The number of rotatable bonds is 41. The van der Waals surface area contributed by atoms with E-state index in [1.54, 1.807) is 6.92 Å². The van der Waals surface area contributed by atoms with Gasteiger partial charge in [-0.05, 0) is 111 Å². The van der Waals surface area contributed by atoms with E-state index in [9.17, 15) is 58.2 Å². The first-order valence-electron chi connectivity index (χ1n) is 30.2. The molecule has 28 heteroatoms. The van der Waals surface area contributed by atoms with E-state index in [0.717, 1.165) is 0 Å². The zero-order valence-corrected chi connectivity index (χ0v) is 53.1. The van der Waals surface area contributed by atoms with Crippen molar-refractivity contribution in [1.29, 1.82) is 0 Å². The molecule has 0 radical (unpaired) electrons. The van der Waals surface area contributed by atoms with Crippen LogP contribution in [0.4, 0.5) is 0 Å². The molecule has 492 valence electrons. The number of hydrogen-bond donors (Lipinski definition) is 16. The van der Waals surface area contributed by atoms with E-state index in [0.29, 0.717) is 18.4 Å². The normalized spacial score (nSPS) is 14.8. The monoisotopic (exact) mass is 1230 g/mol. The maximum absolute atomic E-state index is 14.5. The van der Waals surface area contributed by atoms with Crippen LogP contribution >= 0.6 is 0 Å². The molecule has 1 aromatic carbocycles. The molecular weight excluding hydrogens is 1120 g/mol. The van der Waals surface area contributed by atoms with Crippen molar-refractivity contribution in [2.45, 2.75) is 208 Å². The number of aromatic hydroxyl groups is 1. The fraction of sp³-hybridized carbons (Fsp3) is 0.695. The highest BCUT2D eigenvalue weighted by atomic mass is 16.4. The number of carboxylic acid groups (broad SMARTS) is 1. The molecule has 0 aliphatic rings. The molecule has 0 aromatic heterocycles. The molecule has 0 fully saturated rings. The van der Waals surface area contributed by atoms with Gasteiger partial charge >= 0.3 is 5.97 Å². The zero-order valence-electron chi connectivity index (χ0n) is 53.1. The summed E-state index contributed by atoms with van der Waals surface area (Å²) in [4.78, 5) is 146. The first-order chi connectivity index (χ1) is 40.6. The fourth-order valence-corrected chi connectivity index (χ4v) is 9.13. The average Bonchev–Trinajstić information content (AvgIpc) is 3.51. The molecule has 0 aliphatic heterocycles. The van der Waals surface area contributed by atoms with Crippen molar-refractivity contribution in [3.63, 3.8) is 0 Å². The number of benzene rings is 1. The molecule has 21 N–H and O–H groups in total. The van der Waals surface area contributed by atoms with Crippen LogP contribution in [-0.2, 0) is 54.4 Å². The zero-order chi connectivity index (χ0) is 66.2. The summed E-state index contributed by atoms with van der Waals surface area (Å²) >= 11 is 0. The molecule has 0 bridgehead atoms. The molecule has 1 rings (SSSR count). The van der Waals surface area contributed by atoms with E-state index < -0.39 is 120 Å². The van der Waals surface area contributed by atoms with E-state index >= 15 is 0 Å². The third kappa shape index (κ3) is 32.0. The summed E-state index contributed by atoms with van der Waals surface area (Å²) in [6.07, 6.45) is 1.66. The Bertz CT molecular complexity index is 2450. The van der Waals surface area contributed by atoms with E-state index in [1.165, 1.54) is 24.3 Å². The number of phenols is 1. The maximum Gasteiger partial charge on any atom is 0.326 e. The number of nitrogens with two attached hydrogens (primary N) is 5. The van der Waals surface area contributed by atoms with Gasteiger partial charge < -0.3 is 86.7 Å². The lowest BCUT2D eigenvalue weighted by Crippen LogP contribution is -2.61. The Morgan fingerprint density at radius 3 is 1.18 bits per heavy atom. The largest absolute Gasteiger partial charge is 0.508 e. The summed E-state index contributed by atoms with van der Waals surface area (Å²) in [5.41, 5.74) is 28.7. The van der Waals surface area contributed by atoms with Gasteiger partial charge in [-0.2, -0.15) is 0 Å². The molecule has 0 heterocycles. The molecule has 28 nitrogen and oxygen atoms in total. The quantitative estimate of drug-likeness (QED) is 0.0228. The number of carbonyl (C=O) groups is 10. The smallest absolute Gasteiger partial charge is 0.326 e. The van der Waals surface area contributed by atoms with Gasteiger partial charge in [-0.3, -0.25) is 53.1 Å². The number of nitrogens with zero attached hydrogens (tertiary/aromatic N) is 2. The highest BCUT2D eigenvalue weighted by Gasteiger charge is 2.36. The minimum atomic E-state index is -1.36. The van der Waals surface area contributed by atoms with Crippen LogP contribution in [0.15, 0.2) is 34.3 Å². The lowest BCUT2D eigenvalue weighted by molar-refractivity contribution is -0.141. The van der Waals surface area contributed by atoms with Crippen LogP contribution in [0.5, 0.6) is 5.75 Å². The predicted octanol–water partition coefficient (Wildman–Crippen LogP) is -0.275.